The van der Waals surface area contributed by atoms with E-state index in [-0.39, 0.29) is 6.10 Å². The molecule has 1 aliphatic heterocycles. The molecule has 1 atom stereocenters. The van der Waals surface area contributed by atoms with Crippen molar-refractivity contribution in [1.82, 2.24) is 15.0 Å². The largest absolute Gasteiger partial charge is 0.399 e. The van der Waals surface area contributed by atoms with E-state index >= 15 is 0 Å². The quantitative estimate of drug-likeness (QED) is 0.928. The van der Waals surface area contributed by atoms with Crippen LogP contribution >= 0.6 is 0 Å². The zero-order chi connectivity index (χ0) is 14.8. The average molecular weight is 288 g/mol. The number of morpholine rings is 1. The molecule has 6 heteroatoms. The minimum atomic E-state index is -0.0473. The number of nitrogens with zero attached hydrogens (tertiary/aromatic N) is 3. The zero-order valence-electron chi connectivity index (χ0n) is 12.4. The second kappa shape index (κ2) is 5.83. The first-order valence-corrected chi connectivity index (χ1v) is 7.10. The van der Waals surface area contributed by atoms with Crippen molar-refractivity contribution in [3.8, 4) is 0 Å². The van der Waals surface area contributed by atoms with Crippen molar-refractivity contribution in [2.24, 2.45) is 0 Å². The van der Waals surface area contributed by atoms with Crippen molar-refractivity contribution < 1.29 is 9.26 Å². The predicted octanol–water partition coefficient (Wildman–Crippen LogP) is 1.84. The molecule has 21 heavy (non-hydrogen) atoms. The monoisotopic (exact) mass is 288 g/mol. The van der Waals surface area contributed by atoms with Crippen molar-refractivity contribution in [3.63, 3.8) is 0 Å². The first kappa shape index (κ1) is 14.0. The molecule has 0 bridgehead atoms. The summed E-state index contributed by atoms with van der Waals surface area (Å²) in [6, 6.07) is 5.72. The molecule has 0 amide bonds. The molecule has 0 spiro atoms. The number of anilines is 1. The Morgan fingerprint density at radius 2 is 2.19 bits per heavy atom. The lowest BCUT2D eigenvalue weighted by atomic mass is 10.1. The van der Waals surface area contributed by atoms with Gasteiger partial charge in [0.25, 0.3) is 0 Å². The predicted molar refractivity (Wildman–Crippen MR) is 78.6 cm³/mol. The highest BCUT2D eigenvalue weighted by Gasteiger charge is 2.24. The number of rotatable bonds is 3. The maximum Gasteiger partial charge on any atom is 0.133 e. The van der Waals surface area contributed by atoms with Crippen molar-refractivity contribution in [2.45, 2.75) is 26.5 Å². The highest BCUT2D eigenvalue weighted by molar-refractivity contribution is 5.40. The van der Waals surface area contributed by atoms with Gasteiger partial charge in [0, 0.05) is 37.1 Å². The molecule has 2 aromatic heterocycles. The summed E-state index contributed by atoms with van der Waals surface area (Å²) >= 11 is 0. The highest BCUT2D eigenvalue weighted by atomic mass is 16.5. The topological polar surface area (TPSA) is 77.4 Å². The molecule has 0 unspecified atom stereocenters. The Morgan fingerprint density at radius 3 is 2.90 bits per heavy atom. The van der Waals surface area contributed by atoms with Gasteiger partial charge in [0.1, 0.15) is 11.9 Å². The summed E-state index contributed by atoms with van der Waals surface area (Å²) in [6.07, 6.45) is -0.0473. The van der Waals surface area contributed by atoms with Gasteiger partial charge >= 0.3 is 0 Å². The van der Waals surface area contributed by atoms with Crippen LogP contribution in [0.1, 0.15) is 28.9 Å². The normalized spacial score (nSPS) is 19.8. The maximum atomic E-state index is 5.90. The van der Waals surface area contributed by atoms with Gasteiger partial charge in [-0.2, -0.15) is 0 Å². The molecule has 2 aromatic rings. The van der Waals surface area contributed by atoms with E-state index < -0.39 is 0 Å². The Balaban J connectivity index is 1.70. The molecule has 2 N–H and O–H groups in total. The van der Waals surface area contributed by atoms with E-state index in [0.717, 1.165) is 48.2 Å². The molecule has 6 nitrogen and oxygen atoms in total. The van der Waals surface area contributed by atoms with Crippen molar-refractivity contribution >= 4 is 5.69 Å². The maximum absolute atomic E-state index is 5.90. The van der Waals surface area contributed by atoms with Crippen LogP contribution in [0.2, 0.25) is 0 Å². The minimum Gasteiger partial charge on any atom is -0.399 e. The molecule has 3 rings (SSSR count). The number of aromatic nitrogens is 2. The SMILES string of the molecule is Cc1cc(N)cc([C@H]2CN(Cc3cc(C)on3)CCO2)n1. The summed E-state index contributed by atoms with van der Waals surface area (Å²) in [7, 11) is 0. The van der Waals surface area contributed by atoms with Gasteiger partial charge < -0.3 is 15.0 Å². The summed E-state index contributed by atoms with van der Waals surface area (Å²) in [4.78, 5) is 6.83. The summed E-state index contributed by atoms with van der Waals surface area (Å²) in [6.45, 7) is 6.94. The summed E-state index contributed by atoms with van der Waals surface area (Å²) in [5.41, 5.74) is 9.38. The first-order valence-electron chi connectivity index (χ1n) is 7.10. The molecule has 0 saturated carbocycles. The molecule has 1 fully saturated rings. The molecular formula is C15H20N4O2. The van der Waals surface area contributed by atoms with Crippen molar-refractivity contribution in [1.29, 1.82) is 0 Å². The molecule has 0 radical (unpaired) electrons. The van der Waals surface area contributed by atoms with Crippen LogP contribution in [0.15, 0.2) is 22.7 Å². The van der Waals surface area contributed by atoms with Crippen LogP contribution in [0.5, 0.6) is 0 Å². The van der Waals surface area contributed by atoms with Gasteiger partial charge in [-0.15, -0.1) is 0 Å². The van der Waals surface area contributed by atoms with E-state index in [1.54, 1.807) is 0 Å². The molecule has 0 aliphatic carbocycles. The average Bonchev–Trinajstić information content (AvgIpc) is 2.83. The van der Waals surface area contributed by atoms with Crippen LogP contribution in [0, 0.1) is 13.8 Å². The van der Waals surface area contributed by atoms with Crippen LogP contribution < -0.4 is 5.73 Å². The zero-order valence-corrected chi connectivity index (χ0v) is 12.4. The van der Waals surface area contributed by atoms with E-state index in [1.165, 1.54) is 0 Å². The van der Waals surface area contributed by atoms with Crippen LogP contribution in [-0.2, 0) is 11.3 Å². The van der Waals surface area contributed by atoms with Gasteiger partial charge in [-0.1, -0.05) is 5.16 Å². The third kappa shape index (κ3) is 3.40. The highest BCUT2D eigenvalue weighted by Crippen LogP contribution is 2.23. The molecule has 3 heterocycles. The van der Waals surface area contributed by atoms with Gasteiger partial charge in [0.2, 0.25) is 0 Å². The van der Waals surface area contributed by atoms with Gasteiger partial charge in [-0.3, -0.25) is 9.88 Å². The summed E-state index contributed by atoms with van der Waals surface area (Å²) in [5.74, 6) is 0.836. The number of aryl methyl sites for hydroxylation is 2. The second-order valence-electron chi connectivity index (χ2n) is 5.49. The third-order valence-corrected chi connectivity index (χ3v) is 3.54. The first-order chi connectivity index (χ1) is 10.1. The van der Waals surface area contributed by atoms with Gasteiger partial charge in [0.15, 0.2) is 0 Å². The van der Waals surface area contributed by atoms with Crippen LogP contribution in [0.4, 0.5) is 5.69 Å². The Bertz CT molecular complexity index is 606. The standard InChI is InChI=1S/C15H20N4O2/c1-10-5-12(16)7-14(17-10)15-9-19(3-4-20-15)8-13-6-11(2)21-18-13/h5-7,15H,3-4,8-9H2,1-2H3,(H2,16,17)/t15-/m1/s1. The second-order valence-corrected chi connectivity index (χ2v) is 5.49. The fraction of sp³-hybridized carbons (Fsp3) is 0.467. The van der Waals surface area contributed by atoms with Gasteiger partial charge in [-0.25, -0.2) is 0 Å². The number of pyridine rings is 1. The van der Waals surface area contributed by atoms with E-state index in [0.29, 0.717) is 6.61 Å². The summed E-state index contributed by atoms with van der Waals surface area (Å²) in [5, 5.41) is 4.04. The van der Waals surface area contributed by atoms with E-state index in [9.17, 15) is 0 Å². The number of hydrogen-bond donors (Lipinski definition) is 1. The smallest absolute Gasteiger partial charge is 0.133 e. The van der Waals surface area contributed by atoms with Gasteiger partial charge in [-0.05, 0) is 26.0 Å². The lowest BCUT2D eigenvalue weighted by molar-refractivity contribution is -0.0355. The Morgan fingerprint density at radius 1 is 1.33 bits per heavy atom. The van der Waals surface area contributed by atoms with E-state index in [4.69, 9.17) is 15.0 Å². The molecule has 1 saturated heterocycles. The molecular weight excluding hydrogens is 268 g/mol. The van der Waals surface area contributed by atoms with Gasteiger partial charge in [0.05, 0.1) is 18.0 Å². The Kier molecular flexibility index (Phi) is 3.90. The van der Waals surface area contributed by atoms with Crippen LogP contribution in [-0.4, -0.2) is 34.7 Å². The Labute approximate surface area is 123 Å². The van der Waals surface area contributed by atoms with Crippen molar-refractivity contribution in [3.05, 3.63) is 41.0 Å². The van der Waals surface area contributed by atoms with E-state index in [2.05, 4.69) is 15.0 Å². The third-order valence-electron chi connectivity index (χ3n) is 3.54. The van der Waals surface area contributed by atoms with E-state index in [1.807, 2.05) is 32.0 Å². The number of nitrogen functional groups attached to an aromatic ring is 1. The number of nitrogens with two attached hydrogens (primary N) is 1. The number of ether oxygens (including phenoxy) is 1. The fourth-order valence-corrected chi connectivity index (χ4v) is 2.63. The lowest BCUT2D eigenvalue weighted by Gasteiger charge is -2.32. The minimum absolute atomic E-state index is 0.0473. The molecule has 112 valence electrons. The summed E-state index contributed by atoms with van der Waals surface area (Å²) < 4.78 is 11.0. The lowest BCUT2D eigenvalue weighted by Crippen LogP contribution is -2.38. The van der Waals surface area contributed by atoms with Crippen molar-refractivity contribution in [2.75, 3.05) is 25.4 Å². The van der Waals surface area contributed by atoms with Crippen LogP contribution in [0.25, 0.3) is 0 Å². The molecule has 1 aliphatic rings. The van der Waals surface area contributed by atoms with Crippen LogP contribution in [0.3, 0.4) is 0 Å². The fourth-order valence-electron chi connectivity index (χ4n) is 2.63. The number of hydrogen-bond acceptors (Lipinski definition) is 6. The Hall–Kier alpha value is -1.92. The molecule has 0 aromatic carbocycles.